The first-order valence-electron chi connectivity index (χ1n) is 3.28. The first kappa shape index (κ1) is 6.97. The molecule has 4 unspecified atom stereocenters. The van der Waals surface area contributed by atoms with Crippen LogP contribution in [-0.4, -0.2) is 17.2 Å². The quantitative estimate of drug-likeness (QED) is 0.463. The topological polar surface area (TPSA) is 0 Å². The zero-order valence-corrected chi connectivity index (χ0v) is 7.57. The van der Waals surface area contributed by atoms with Gasteiger partial charge in [-0.25, -0.2) is 0 Å². The van der Waals surface area contributed by atoms with Crippen molar-refractivity contribution < 1.29 is 0 Å². The van der Waals surface area contributed by atoms with Gasteiger partial charge in [0, 0.05) is 0 Å². The minimum Gasteiger partial charge on any atom is -0.115 e. The summed E-state index contributed by atoms with van der Waals surface area (Å²) in [7, 11) is 2.54. The van der Waals surface area contributed by atoms with Crippen LogP contribution in [0.3, 0.4) is 0 Å². The molecule has 1 heterocycles. The van der Waals surface area contributed by atoms with E-state index in [0.717, 1.165) is 11.1 Å². The fourth-order valence-corrected chi connectivity index (χ4v) is 5.33. The van der Waals surface area contributed by atoms with E-state index in [2.05, 4.69) is 13.8 Å². The van der Waals surface area contributed by atoms with E-state index in [9.17, 15) is 0 Å². The van der Waals surface area contributed by atoms with Gasteiger partial charge in [-0.05, 0) is 23.6 Å². The van der Waals surface area contributed by atoms with Crippen molar-refractivity contribution in [1.82, 2.24) is 0 Å². The first-order chi connectivity index (χ1) is 3.79. The van der Waals surface area contributed by atoms with Gasteiger partial charge in [-0.3, -0.25) is 0 Å². The first-order valence-corrected chi connectivity index (χ1v) is 5.72. The summed E-state index contributed by atoms with van der Waals surface area (Å²) in [4.78, 5) is 0. The predicted octanol–water partition coefficient (Wildman–Crippen LogP) is 2.48. The Balaban J connectivity index is 2.23. The van der Waals surface area contributed by atoms with Crippen molar-refractivity contribution in [2.45, 2.75) is 31.3 Å². The molecule has 0 aliphatic carbocycles. The van der Waals surface area contributed by atoms with Gasteiger partial charge in [0.15, 0.2) is 0 Å². The number of hydrogen-bond acceptors (Lipinski definition) is 0. The van der Waals surface area contributed by atoms with E-state index in [1.54, 1.807) is 0 Å². The average Bonchev–Trinajstić information content (AvgIpc) is 1.64. The Morgan fingerprint density at radius 3 is 2.50 bits per heavy atom. The summed E-state index contributed by atoms with van der Waals surface area (Å²) in [6.45, 7) is 4.78. The fourth-order valence-electron chi connectivity index (χ4n) is 1.09. The zero-order valence-electron chi connectivity index (χ0n) is 5.57. The Morgan fingerprint density at radius 1 is 1.38 bits per heavy atom. The molecule has 0 spiro atoms. The highest BCUT2D eigenvalue weighted by molar-refractivity contribution is 7.58. The number of hydrogen-bond donors (Lipinski definition) is 0. The Kier molecular flexibility index (Phi) is 2.73. The summed E-state index contributed by atoms with van der Waals surface area (Å²) in [6, 6.07) is 0. The highest BCUT2D eigenvalue weighted by Crippen LogP contribution is 2.43. The van der Waals surface area contributed by atoms with Crippen LogP contribution in [0.4, 0.5) is 0 Å². The van der Waals surface area contributed by atoms with Crippen LogP contribution in [-0.2, 0) is 0 Å². The van der Waals surface area contributed by atoms with Crippen molar-refractivity contribution in [3.05, 3.63) is 0 Å². The molecule has 1 rings (SSSR count). The minimum atomic E-state index is 1.05. The molecular weight excluding hydrogens is 134 g/mol. The zero-order chi connectivity index (χ0) is 5.98. The molecule has 1 aliphatic heterocycles. The van der Waals surface area contributed by atoms with Crippen LogP contribution in [0, 0.1) is 0 Å². The fraction of sp³-hybridized carbons (Fsp3) is 1.00. The van der Waals surface area contributed by atoms with Crippen molar-refractivity contribution in [1.29, 1.82) is 0 Å². The van der Waals surface area contributed by atoms with Crippen molar-refractivity contribution in [2.24, 2.45) is 0 Å². The second-order valence-electron chi connectivity index (χ2n) is 2.53. The van der Waals surface area contributed by atoms with Crippen LogP contribution in [0.5, 0.6) is 0 Å². The van der Waals surface area contributed by atoms with Crippen LogP contribution in [0.2, 0.25) is 0 Å². The normalized spacial score (nSPS) is 45.8. The van der Waals surface area contributed by atoms with Gasteiger partial charge in [0.1, 0.15) is 0 Å². The summed E-state index contributed by atoms with van der Waals surface area (Å²) in [5, 5.41) is 1.07. The molecule has 1 saturated heterocycles. The van der Waals surface area contributed by atoms with Crippen LogP contribution in [0.1, 0.15) is 20.3 Å². The summed E-state index contributed by atoms with van der Waals surface area (Å²) >= 11 is 0. The maximum atomic E-state index is 2.40. The van der Waals surface area contributed by atoms with Gasteiger partial charge >= 0.3 is 0 Å². The van der Waals surface area contributed by atoms with Crippen molar-refractivity contribution in [2.75, 3.05) is 6.16 Å². The van der Waals surface area contributed by atoms with Crippen molar-refractivity contribution in [3.8, 4) is 0 Å². The van der Waals surface area contributed by atoms with Crippen LogP contribution >= 0.6 is 17.2 Å². The lowest BCUT2D eigenvalue weighted by molar-refractivity contribution is 0.891. The molecule has 0 amide bonds. The summed E-state index contributed by atoms with van der Waals surface area (Å²) in [5.41, 5.74) is 1.05. The molecule has 0 nitrogen and oxygen atoms in total. The molecule has 0 aromatic heterocycles. The average molecular weight is 148 g/mol. The van der Waals surface area contributed by atoms with E-state index in [1.807, 2.05) is 0 Å². The third kappa shape index (κ3) is 2.00. The van der Waals surface area contributed by atoms with Gasteiger partial charge < -0.3 is 0 Å². The van der Waals surface area contributed by atoms with E-state index >= 15 is 0 Å². The van der Waals surface area contributed by atoms with Crippen molar-refractivity contribution >= 4 is 17.2 Å². The SMILES string of the molecule is CC1CCPC(C)P1. The lowest BCUT2D eigenvalue weighted by Gasteiger charge is -2.23. The Labute approximate surface area is 55.4 Å². The molecule has 0 bridgehead atoms. The molecular formula is C6H14P2. The van der Waals surface area contributed by atoms with Crippen molar-refractivity contribution in [3.63, 3.8) is 0 Å². The van der Waals surface area contributed by atoms with E-state index in [-0.39, 0.29) is 0 Å². The molecule has 0 radical (unpaired) electrons. The largest absolute Gasteiger partial charge is 0.115 e. The smallest absolute Gasteiger partial charge is 0.00872 e. The maximum absolute atomic E-state index is 2.40. The molecule has 8 heavy (non-hydrogen) atoms. The van der Waals surface area contributed by atoms with Gasteiger partial charge in [-0.2, -0.15) is 0 Å². The molecule has 0 aromatic carbocycles. The van der Waals surface area contributed by atoms with Gasteiger partial charge in [0.2, 0.25) is 0 Å². The van der Waals surface area contributed by atoms with Crippen LogP contribution in [0.25, 0.3) is 0 Å². The molecule has 0 saturated carbocycles. The highest BCUT2D eigenvalue weighted by Gasteiger charge is 2.13. The molecule has 1 fully saturated rings. The number of rotatable bonds is 0. The Morgan fingerprint density at radius 2 is 2.12 bits per heavy atom. The van der Waals surface area contributed by atoms with E-state index in [0.29, 0.717) is 0 Å². The Hall–Kier alpha value is 0.860. The van der Waals surface area contributed by atoms with E-state index in [1.165, 1.54) is 29.7 Å². The third-order valence-electron chi connectivity index (χ3n) is 1.56. The van der Waals surface area contributed by atoms with Gasteiger partial charge in [-0.1, -0.05) is 13.8 Å². The molecule has 4 atom stereocenters. The minimum absolute atomic E-state index is 1.05. The monoisotopic (exact) mass is 148 g/mol. The lowest BCUT2D eigenvalue weighted by Crippen LogP contribution is -2.05. The third-order valence-corrected chi connectivity index (χ3v) is 5.22. The highest BCUT2D eigenvalue weighted by atomic mass is 31.1. The molecule has 2 heteroatoms. The van der Waals surface area contributed by atoms with Gasteiger partial charge in [-0.15, -0.1) is 17.2 Å². The molecule has 1 aliphatic rings. The van der Waals surface area contributed by atoms with Crippen LogP contribution < -0.4 is 0 Å². The predicted molar refractivity (Wildman–Crippen MR) is 45.0 cm³/mol. The maximum Gasteiger partial charge on any atom is -0.00872 e. The summed E-state index contributed by atoms with van der Waals surface area (Å²) < 4.78 is 0. The Bertz CT molecular complexity index is 64.9. The second-order valence-corrected chi connectivity index (χ2v) is 7.07. The molecule has 0 aromatic rings. The second kappa shape index (κ2) is 3.14. The van der Waals surface area contributed by atoms with Gasteiger partial charge in [0.05, 0.1) is 0 Å². The standard InChI is InChI=1S/C6H14P2/c1-5-3-4-7-6(2)8-5/h5-8H,3-4H2,1-2H3. The molecule has 48 valence electrons. The van der Waals surface area contributed by atoms with E-state index in [4.69, 9.17) is 0 Å². The van der Waals surface area contributed by atoms with Crippen LogP contribution in [0.15, 0.2) is 0 Å². The molecule has 0 N–H and O–H groups in total. The van der Waals surface area contributed by atoms with E-state index < -0.39 is 0 Å². The summed E-state index contributed by atoms with van der Waals surface area (Å²) in [5.74, 6) is 0. The lowest BCUT2D eigenvalue weighted by atomic mass is 10.4. The van der Waals surface area contributed by atoms with Gasteiger partial charge in [0.25, 0.3) is 0 Å². The summed E-state index contributed by atoms with van der Waals surface area (Å²) in [6.07, 6.45) is 3.01.